The van der Waals surface area contributed by atoms with Crippen molar-refractivity contribution in [2.24, 2.45) is 0 Å². The van der Waals surface area contributed by atoms with E-state index in [9.17, 15) is 14.7 Å². The van der Waals surface area contributed by atoms with Crippen LogP contribution in [0.3, 0.4) is 0 Å². The molecule has 0 spiro atoms. The fourth-order valence-corrected chi connectivity index (χ4v) is 5.16. The molecular weight excluding hydrogens is 478 g/mol. The number of Topliss-reactive ketones (excluding diaryl/α,β-unsaturated/α-hetero) is 1. The summed E-state index contributed by atoms with van der Waals surface area (Å²) in [6, 6.07) is 22.0. The highest BCUT2D eigenvalue weighted by atomic mass is 16.5. The van der Waals surface area contributed by atoms with E-state index in [2.05, 4.69) is 6.92 Å². The molecule has 1 amide bonds. The minimum absolute atomic E-state index is 0.0593. The summed E-state index contributed by atoms with van der Waals surface area (Å²) in [4.78, 5) is 28.3. The van der Waals surface area contributed by atoms with Crippen molar-refractivity contribution in [3.8, 4) is 11.5 Å². The fourth-order valence-electron chi connectivity index (χ4n) is 5.16. The number of ether oxygens (including phenoxy) is 2. The van der Waals surface area contributed by atoms with Gasteiger partial charge in [0.25, 0.3) is 11.7 Å². The van der Waals surface area contributed by atoms with Gasteiger partial charge in [0.1, 0.15) is 23.4 Å². The van der Waals surface area contributed by atoms with Crippen LogP contribution in [0.1, 0.15) is 55.0 Å². The van der Waals surface area contributed by atoms with Crippen LogP contribution in [-0.4, -0.2) is 41.0 Å². The second-order valence-corrected chi connectivity index (χ2v) is 9.95. The molecule has 5 rings (SSSR count). The SMILES string of the molecule is CCCCOc1ccc([C@@H]2/C(=C(\O)c3ccc4c(c3)C[C@H](C)O4)C(=O)C(=O)N2CCc2ccccc2)cc1. The largest absolute Gasteiger partial charge is 0.507 e. The summed E-state index contributed by atoms with van der Waals surface area (Å²) in [7, 11) is 0. The van der Waals surface area contributed by atoms with Crippen LogP contribution >= 0.6 is 0 Å². The summed E-state index contributed by atoms with van der Waals surface area (Å²) < 4.78 is 11.6. The first-order chi connectivity index (χ1) is 18.5. The molecule has 0 aromatic heterocycles. The van der Waals surface area contributed by atoms with Crippen molar-refractivity contribution in [2.75, 3.05) is 13.2 Å². The lowest BCUT2D eigenvalue weighted by Gasteiger charge is -2.25. The maximum absolute atomic E-state index is 13.4. The van der Waals surface area contributed by atoms with Gasteiger partial charge >= 0.3 is 0 Å². The smallest absolute Gasteiger partial charge is 0.295 e. The van der Waals surface area contributed by atoms with Gasteiger partial charge < -0.3 is 19.5 Å². The Kier molecular flexibility index (Phi) is 7.50. The van der Waals surface area contributed by atoms with Crippen molar-refractivity contribution < 1.29 is 24.2 Å². The predicted molar refractivity (Wildman–Crippen MR) is 146 cm³/mol. The Morgan fingerprint density at radius 3 is 2.55 bits per heavy atom. The number of fused-ring (bicyclic) bond motifs is 1. The Bertz CT molecular complexity index is 1350. The number of aliphatic hydroxyl groups is 1. The molecule has 6 nitrogen and oxygen atoms in total. The minimum Gasteiger partial charge on any atom is -0.507 e. The lowest BCUT2D eigenvalue weighted by Crippen LogP contribution is -2.31. The predicted octanol–water partition coefficient (Wildman–Crippen LogP) is 5.85. The molecule has 2 aliphatic rings. The lowest BCUT2D eigenvalue weighted by molar-refractivity contribution is -0.139. The number of ketones is 1. The van der Waals surface area contributed by atoms with Crippen LogP contribution in [0.25, 0.3) is 5.76 Å². The number of hydrogen-bond acceptors (Lipinski definition) is 5. The summed E-state index contributed by atoms with van der Waals surface area (Å²) in [5, 5.41) is 11.5. The molecule has 2 heterocycles. The van der Waals surface area contributed by atoms with E-state index in [1.165, 1.54) is 0 Å². The third-order valence-corrected chi connectivity index (χ3v) is 7.16. The van der Waals surface area contributed by atoms with E-state index < -0.39 is 17.7 Å². The van der Waals surface area contributed by atoms with Gasteiger partial charge in [-0.1, -0.05) is 55.8 Å². The summed E-state index contributed by atoms with van der Waals surface area (Å²) in [5.41, 5.74) is 3.41. The molecular formula is C32H33NO5. The standard InChI is InChI=1S/C32H33NO5/c1-3-4-18-37-26-13-10-23(11-14-26)29-28(30(34)24-12-15-27-25(20-24)19-21(2)38-27)31(35)32(36)33(29)17-16-22-8-6-5-7-9-22/h5-15,20-21,29,34H,3-4,16-19H2,1-2H3/b30-28+/t21-,29+/m0/s1. The fraction of sp³-hybridized carbons (Fsp3) is 0.312. The topological polar surface area (TPSA) is 76.1 Å². The molecule has 2 aliphatic heterocycles. The number of benzene rings is 3. The Labute approximate surface area is 223 Å². The number of aliphatic hydroxyl groups excluding tert-OH is 1. The van der Waals surface area contributed by atoms with Crippen molar-refractivity contribution in [3.05, 3.63) is 101 Å². The number of carbonyl (C=O) groups is 2. The Hall–Kier alpha value is -4.06. The molecule has 6 heteroatoms. The van der Waals surface area contributed by atoms with E-state index in [0.717, 1.165) is 47.5 Å². The second-order valence-electron chi connectivity index (χ2n) is 9.95. The van der Waals surface area contributed by atoms with Crippen LogP contribution in [-0.2, 0) is 22.4 Å². The van der Waals surface area contributed by atoms with E-state index in [-0.39, 0.29) is 17.4 Å². The zero-order valence-corrected chi connectivity index (χ0v) is 21.9. The van der Waals surface area contributed by atoms with Gasteiger partial charge in [-0.2, -0.15) is 0 Å². The maximum atomic E-state index is 13.4. The van der Waals surface area contributed by atoms with Crippen LogP contribution in [0.15, 0.2) is 78.4 Å². The van der Waals surface area contributed by atoms with E-state index in [1.807, 2.05) is 73.7 Å². The molecule has 38 heavy (non-hydrogen) atoms. The first-order valence-corrected chi connectivity index (χ1v) is 13.3. The number of amides is 1. The molecule has 0 aliphatic carbocycles. The molecule has 0 unspecified atom stereocenters. The quantitative estimate of drug-likeness (QED) is 0.169. The molecule has 0 saturated carbocycles. The second kappa shape index (κ2) is 11.1. The van der Waals surface area contributed by atoms with Crippen LogP contribution in [0.4, 0.5) is 0 Å². The van der Waals surface area contributed by atoms with Crippen molar-refractivity contribution in [1.29, 1.82) is 0 Å². The summed E-state index contributed by atoms with van der Waals surface area (Å²) in [6.45, 7) is 5.08. The summed E-state index contributed by atoms with van der Waals surface area (Å²) in [5.74, 6) is 0.0766. The lowest BCUT2D eigenvalue weighted by atomic mass is 9.94. The number of rotatable bonds is 9. The van der Waals surface area contributed by atoms with Gasteiger partial charge in [0, 0.05) is 18.5 Å². The number of unbranched alkanes of at least 4 members (excludes halogenated alkanes) is 1. The highest BCUT2D eigenvalue weighted by molar-refractivity contribution is 6.46. The zero-order chi connectivity index (χ0) is 26.6. The van der Waals surface area contributed by atoms with Crippen LogP contribution in [0.2, 0.25) is 0 Å². The molecule has 1 saturated heterocycles. The van der Waals surface area contributed by atoms with Crippen molar-refractivity contribution in [3.63, 3.8) is 0 Å². The third kappa shape index (κ3) is 5.17. The Morgan fingerprint density at radius 1 is 1.05 bits per heavy atom. The van der Waals surface area contributed by atoms with Gasteiger partial charge in [-0.3, -0.25) is 9.59 Å². The third-order valence-electron chi connectivity index (χ3n) is 7.16. The molecule has 1 N–H and O–H groups in total. The van der Waals surface area contributed by atoms with Crippen molar-refractivity contribution >= 4 is 17.4 Å². The molecule has 196 valence electrons. The van der Waals surface area contributed by atoms with Crippen molar-refractivity contribution in [1.82, 2.24) is 4.90 Å². The highest BCUT2D eigenvalue weighted by Crippen LogP contribution is 2.41. The van der Waals surface area contributed by atoms with Crippen LogP contribution in [0.5, 0.6) is 11.5 Å². The number of nitrogens with zero attached hydrogens (tertiary/aromatic N) is 1. The molecule has 0 bridgehead atoms. The van der Waals surface area contributed by atoms with Gasteiger partial charge in [0.15, 0.2) is 0 Å². The number of hydrogen-bond donors (Lipinski definition) is 1. The summed E-state index contributed by atoms with van der Waals surface area (Å²) in [6.07, 6.45) is 3.39. The molecule has 3 aromatic carbocycles. The van der Waals surface area contributed by atoms with Gasteiger partial charge in [-0.25, -0.2) is 0 Å². The number of likely N-dealkylation sites (tertiary alicyclic amines) is 1. The van der Waals surface area contributed by atoms with Crippen LogP contribution < -0.4 is 9.47 Å². The Balaban J connectivity index is 1.52. The van der Waals surface area contributed by atoms with Crippen molar-refractivity contribution in [2.45, 2.75) is 51.7 Å². The normalized spacial score (nSPS) is 19.9. The van der Waals surface area contributed by atoms with E-state index >= 15 is 0 Å². The highest BCUT2D eigenvalue weighted by Gasteiger charge is 2.46. The maximum Gasteiger partial charge on any atom is 0.295 e. The van der Waals surface area contributed by atoms with E-state index in [1.54, 1.807) is 11.0 Å². The molecule has 1 fully saturated rings. The van der Waals surface area contributed by atoms with Crippen LogP contribution in [0, 0.1) is 0 Å². The molecule has 2 atom stereocenters. The van der Waals surface area contributed by atoms with E-state index in [0.29, 0.717) is 25.1 Å². The first kappa shape index (κ1) is 25.6. The minimum atomic E-state index is -0.702. The van der Waals surface area contributed by atoms with Gasteiger partial charge in [-0.15, -0.1) is 0 Å². The average molecular weight is 512 g/mol. The van der Waals surface area contributed by atoms with Gasteiger partial charge in [0.05, 0.1) is 18.2 Å². The summed E-state index contributed by atoms with van der Waals surface area (Å²) >= 11 is 0. The number of carbonyl (C=O) groups excluding carboxylic acids is 2. The molecule has 0 radical (unpaired) electrons. The monoisotopic (exact) mass is 511 g/mol. The van der Waals surface area contributed by atoms with Gasteiger partial charge in [-0.05, 0) is 66.8 Å². The average Bonchev–Trinajstić information content (AvgIpc) is 3.43. The zero-order valence-electron chi connectivity index (χ0n) is 21.9. The first-order valence-electron chi connectivity index (χ1n) is 13.3. The molecule has 3 aromatic rings. The van der Waals surface area contributed by atoms with E-state index in [4.69, 9.17) is 9.47 Å². The Morgan fingerprint density at radius 2 is 1.82 bits per heavy atom. The van der Waals surface area contributed by atoms with Gasteiger partial charge in [0.2, 0.25) is 0 Å².